The summed E-state index contributed by atoms with van der Waals surface area (Å²) in [5.74, 6) is 3.06. The molecule has 19 heavy (non-hydrogen) atoms. The SMILES string of the molecule is C=CCC(=O)OC(C)OC1C2CC3CC(C2)CC1C3. The number of rotatable bonds is 5. The maximum Gasteiger partial charge on any atom is 0.311 e. The highest BCUT2D eigenvalue weighted by atomic mass is 16.7. The lowest BCUT2D eigenvalue weighted by molar-refractivity contribution is -0.218. The largest absolute Gasteiger partial charge is 0.436 e. The Labute approximate surface area is 115 Å². The van der Waals surface area contributed by atoms with Gasteiger partial charge < -0.3 is 9.47 Å². The van der Waals surface area contributed by atoms with E-state index < -0.39 is 6.29 Å². The molecule has 3 nitrogen and oxygen atoms in total. The van der Waals surface area contributed by atoms with E-state index in [-0.39, 0.29) is 12.4 Å². The predicted molar refractivity (Wildman–Crippen MR) is 72.3 cm³/mol. The summed E-state index contributed by atoms with van der Waals surface area (Å²) in [4.78, 5) is 11.4. The first-order valence-electron chi connectivity index (χ1n) is 7.61. The molecule has 0 aromatic carbocycles. The molecule has 0 amide bonds. The van der Waals surface area contributed by atoms with Crippen molar-refractivity contribution in [2.75, 3.05) is 0 Å². The summed E-state index contributed by atoms with van der Waals surface area (Å²) < 4.78 is 11.3. The molecule has 4 bridgehead atoms. The Kier molecular flexibility index (Phi) is 3.66. The van der Waals surface area contributed by atoms with Gasteiger partial charge in [0.1, 0.15) is 0 Å². The fourth-order valence-electron chi connectivity index (χ4n) is 4.70. The number of carbonyl (C=O) groups excluding carboxylic acids is 1. The van der Waals surface area contributed by atoms with Crippen LogP contribution in [0.5, 0.6) is 0 Å². The summed E-state index contributed by atoms with van der Waals surface area (Å²) in [6.07, 6.45) is 8.47. The highest BCUT2D eigenvalue weighted by Crippen LogP contribution is 2.54. The first-order valence-corrected chi connectivity index (χ1v) is 7.61. The molecule has 1 atom stereocenters. The molecule has 1 unspecified atom stereocenters. The van der Waals surface area contributed by atoms with E-state index in [1.807, 2.05) is 6.92 Å². The van der Waals surface area contributed by atoms with Gasteiger partial charge in [0, 0.05) is 0 Å². The van der Waals surface area contributed by atoms with Crippen molar-refractivity contribution in [1.29, 1.82) is 0 Å². The summed E-state index contributed by atoms with van der Waals surface area (Å²) in [6.45, 7) is 5.38. The van der Waals surface area contributed by atoms with Gasteiger partial charge in [-0.15, -0.1) is 6.58 Å². The van der Waals surface area contributed by atoms with Crippen LogP contribution in [0.25, 0.3) is 0 Å². The molecule has 106 valence electrons. The van der Waals surface area contributed by atoms with Crippen LogP contribution in [0.1, 0.15) is 45.4 Å². The summed E-state index contributed by atoms with van der Waals surface area (Å²) in [5, 5.41) is 0. The molecule has 0 aromatic rings. The van der Waals surface area contributed by atoms with Crippen LogP contribution < -0.4 is 0 Å². The molecule has 0 radical (unpaired) electrons. The van der Waals surface area contributed by atoms with Gasteiger partial charge in [0.2, 0.25) is 0 Å². The minimum Gasteiger partial charge on any atom is -0.436 e. The molecule has 4 rings (SSSR count). The molecule has 4 saturated carbocycles. The molecular weight excluding hydrogens is 240 g/mol. The van der Waals surface area contributed by atoms with Crippen LogP contribution in [-0.2, 0) is 14.3 Å². The van der Waals surface area contributed by atoms with Gasteiger partial charge in [-0.05, 0) is 62.7 Å². The fraction of sp³-hybridized carbons (Fsp3) is 0.812. The lowest BCUT2D eigenvalue weighted by atomic mass is 9.55. The molecule has 4 aliphatic rings. The van der Waals surface area contributed by atoms with Gasteiger partial charge in [-0.25, -0.2) is 0 Å². The van der Waals surface area contributed by atoms with Crippen LogP contribution in [0.15, 0.2) is 12.7 Å². The van der Waals surface area contributed by atoms with Crippen LogP contribution >= 0.6 is 0 Å². The minimum atomic E-state index is -0.421. The maximum atomic E-state index is 11.4. The number of hydrogen-bond donors (Lipinski definition) is 0. The summed E-state index contributed by atoms with van der Waals surface area (Å²) in [5.41, 5.74) is 0. The first-order chi connectivity index (χ1) is 9.15. The van der Waals surface area contributed by atoms with E-state index in [0.717, 1.165) is 11.8 Å². The van der Waals surface area contributed by atoms with Crippen molar-refractivity contribution >= 4 is 5.97 Å². The molecule has 0 heterocycles. The fourth-order valence-corrected chi connectivity index (χ4v) is 4.70. The topological polar surface area (TPSA) is 35.5 Å². The summed E-state index contributed by atoms with van der Waals surface area (Å²) >= 11 is 0. The molecule has 0 spiro atoms. The Bertz CT molecular complexity index is 335. The van der Waals surface area contributed by atoms with Crippen molar-refractivity contribution in [2.24, 2.45) is 23.7 Å². The Balaban J connectivity index is 1.55. The minimum absolute atomic E-state index is 0.244. The third kappa shape index (κ3) is 2.71. The Morgan fingerprint density at radius 2 is 1.79 bits per heavy atom. The molecule has 3 heteroatoms. The van der Waals surface area contributed by atoms with Gasteiger partial charge in [0.15, 0.2) is 6.29 Å². The van der Waals surface area contributed by atoms with Crippen molar-refractivity contribution in [3.05, 3.63) is 12.7 Å². The molecule has 4 fully saturated rings. The van der Waals surface area contributed by atoms with E-state index in [2.05, 4.69) is 6.58 Å². The van der Waals surface area contributed by atoms with Gasteiger partial charge in [-0.2, -0.15) is 0 Å². The van der Waals surface area contributed by atoms with E-state index in [0.29, 0.717) is 17.9 Å². The quantitative estimate of drug-likeness (QED) is 0.434. The van der Waals surface area contributed by atoms with Gasteiger partial charge in [0.25, 0.3) is 0 Å². The van der Waals surface area contributed by atoms with Crippen molar-refractivity contribution in [3.63, 3.8) is 0 Å². The second-order valence-electron chi connectivity index (χ2n) is 6.58. The van der Waals surface area contributed by atoms with Crippen molar-refractivity contribution in [2.45, 2.75) is 57.8 Å². The highest BCUT2D eigenvalue weighted by Gasteiger charge is 2.49. The summed E-state index contributed by atoms with van der Waals surface area (Å²) in [6, 6.07) is 0. The van der Waals surface area contributed by atoms with Crippen LogP contribution in [0.2, 0.25) is 0 Å². The van der Waals surface area contributed by atoms with Crippen LogP contribution in [0.4, 0.5) is 0 Å². The zero-order valence-electron chi connectivity index (χ0n) is 11.7. The first kappa shape index (κ1) is 13.2. The molecular formula is C16H24O3. The number of hydrogen-bond acceptors (Lipinski definition) is 3. The monoisotopic (exact) mass is 264 g/mol. The van der Waals surface area contributed by atoms with Gasteiger partial charge >= 0.3 is 5.97 Å². The highest BCUT2D eigenvalue weighted by molar-refractivity contribution is 5.71. The average molecular weight is 264 g/mol. The van der Waals surface area contributed by atoms with Crippen LogP contribution in [0.3, 0.4) is 0 Å². The molecule has 0 aromatic heterocycles. The average Bonchev–Trinajstić information content (AvgIpc) is 2.33. The van der Waals surface area contributed by atoms with Gasteiger partial charge in [0.05, 0.1) is 12.5 Å². The lowest BCUT2D eigenvalue weighted by Gasteiger charge is -2.54. The van der Waals surface area contributed by atoms with E-state index in [4.69, 9.17) is 9.47 Å². The van der Waals surface area contributed by atoms with Crippen LogP contribution in [-0.4, -0.2) is 18.4 Å². The molecule has 0 aliphatic heterocycles. The molecule has 0 saturated heterocycles. The smallest absolute Gasteiger partial charge is 0.311 e. The molecule has 4 aliphatic carbocycles. The van der Waals surface area contributed by atoms with Crippen molar-refractivity contribution < 1.29 is 14.3 Å². The van der Waals surface area contributed by atoms with E-state index >= 15 is 0 Å². The Hall–Kier alpha value is -0.830. The van der Waals surface area contributed by atoms with Gasteiger partial charge in [-0.3, -0.25) is 4.79 Å². The Morgan fingerprint density at radius 3 is 2.32 bits per heavy atom. The second kappa shape index (κ2) is 5.28. The number of ether oxygens (including phenoxy) is 2. The normalized spacial score (nSPS) is 41.0. The van der Waals surface area contributed by atoms with E-state index in [1.165, 1.54) is 32.1 Å². The van der Waals surface area contributed by atoms with E-state index in [1.54, 1.807) is 6.08 Å². The Morgan fingerprint density at radius 1 is 1.21 bits per heavy atom. The third-order valence-corrected chi connectivity index (χ3v) is 5.10. The van der Waals surface area contributed by atoms with Crippen molar-refractivity contribution in [1.82, 2.24) is 0 Å². The van der Waals surface area contributed by atoms with Crippen molar-refractivity contribution in [3.8, 4) is 0 Å². The predicted octanol–water partition coefficient (Wildman–Crippen LogP) is 3.29. The maximum absolute atomic E-state index is 11.4. The number of esters is 1. The number of carbonyl (C=O) groups is 1. The standard InChI is InChI=1S/C16H24O3/c1-3-4-15(17)18-10(2)19-16-13-6-11-5-12(8-13)9-14(16)7-11/h3,10-14,16H,1,4-9H2,2H3. The summed E-state index contributed by atoms with van der Waals surface area (Å²) in [7, 11) is 0. The second-order valence-corrected chi connectivity index (χ2v) is 6.58. The zero-order chi connectivity index (χ0) is 13.4. The zero-order valence-corrected chi connectivity index (χ0v) is 11.7. The molecule has 0 N–H and O–H groups in total. The lowest BCUT2D eigenvalue weighted by Crippen LogP contribution is -2.50. The van der Waals surface area contributed by atoms with E-state index in [9.17, 15) is 4.79 Å². The third-order valence-electron chi connectivity index (χ3n) is 5.10. The van der Waals surface area contributed by atoms with Gasteiger partial charge in [-0.1, -0.05) is 6.08 Å². The van der Waals surface area contributed by atoms with Crippen LogP contribution in [0, 0.1) is 23.7 Å².